The van der Waals surface area contributed by atoms with Gasteiger partial charge in [0.2, 0.25) is 5.43 Å². The van der Waals surface area contributed by atoms with Gasteiger partial charge in [-0.05, 0) is 25.1 Å². The van der Waals surface area contributed by atoms with Gasteiger partial charge in [0.1, 0.15) is 22.8 Å². The first-order valence-corrected chi connectivity index (χ1v) is 8.35. The van der Waals surface area contributed by atoms with E-state index in [1.54, 1.807) is 52.1 Å². The highest BCUT2D eigenvalue weighted by Gasteiger charge is 2.18. The SMILES string of the molecule is COc1ccccc1-c1c(C)oc2cc(OC(=O)C(C)C)ccc2c1=O. The first-order chi connectivity index (χ1) is 12.4. The number of hydrogen-bond acceptors (Lipinski definition) is 5. The molecule has 0 radical (unpaired) electrons. The molecule has 0 fully saturated rings. The molecule has 3 rings (SSSR count). The van der Waals surface area contributed by atoms with Crippen LogP contribution in [0.2, 0.25) is 0 Å². The van der Waals surface area contributed by atoms with Crippen molar-refractivity contribution in [2.24, 2.45) is 5.92 Å². The monoisotopic (exact) mass is 352 g/mol. The molecule has 0 aliphatic heterocycles. The first kappa shape index (κ1) is 17.7. The Morgan fingerprint density at radius 3 is 2.54 bits per heavy atom. The fourth-order valence-electron chi connectivity index (χ4n) is 2.75. The highest BCUT2D eigenvalue weighted by molar-refractivity contribution is 5.86. The van der Waals surface area contributed by atoms with E-state index in [4.69, 9.17) is 13.9 Å². The third-order valence-corrected chi connectivity index (χ3v) is 4.11. The van der Waals surface area contributed by atoms with Crippen molar-refractivity contribution in [3.8, 4) is 22.6 Å². The van der Waals surface area contributed by atoms with Gasteiger partial charge in [0.05, 0.1) is 24.0 Å². The summed E-state index contributed by atoms with van der Waals surface area (Å²) in [6, 6.07) is 12.1. The minimum atomic E-state index is -0.339. The summed E-state index contributed by atoms with van der Waals surface area (Å²) in [7, 11) is 1.56. The average molecular weight is 352 g/mol. The maximum Gasteiger partial charge on any atom is 0.313 e. The molecule has 0 saturated carbocycles. The van der Waals surface area contributed by atoms with Crippen molar-refractivity contribution in [2.75, 3.05) is 7.11 Å². The maximum absolute atomic E-state index is 13.0. The van der Waals surface area contributed by atoms with Crippen molar-refractivity contribution in [1.82, 2.24) is 0 Å². The van der Waals surface area contributed by atoms with Crippen molar-refractivity contribution >= 4 is 16.9 Å². The van der Waals surface area contributed by atoms with Crippen LogP contribution in [0, 0.1) is 12.8 Å². The van der Waals surface area contributed by atoms with E-state index in [9.17, 15) is 9.59 Å². The Kier molecular flexibility index (Phi) is 4.80. The molecule has 2 aromatic carbocycles. The van der Waals surface area contributed by atoms with E-state index in [1.165, 1.54) is 0 Å². The second kappa shape index (κ2) is 7.04. The van der Waals surface area contributed by atoms with E-state index in [0.717, 1.165) is 0 Å². The van der Waals surface area contributed by atoms with Gasteiger partial charge in [0.15, 0.2) is 0 Å². The number of fused-ring (bicyclic) bond motifs is 1. The smallest absolute Gasteiger partial charge is 0.313 e. The second-order valence-electron chi connectivity index (χ2n) is 6.30. The van der Waals surface area contributed by atoms with Crippen molar-refractivity contribution in [1.29, 1.82) is 0 Å². The van der Waals surface area contributed by atoms with Gasteiger partial charge in [-0.25, -0.2) is 0 Å². The summed E-state index contributed by atoms with van der Waals surface area (Å²) in [6.07, 6.45) is 0. The van der Waals surface area contributed by atoms with Crippen LogP contribution in [0.4, 0.5) is 0 Å². The standard InChI is InChI=1S/C21H20O5/c1-12(2)21(23)26-14-9-10-16-18(11-14)25-13(3)19(20(16)22)15-7-5-6-8-17(15)24-4/h5-12H,1-4H3. The van der Waals surface area contributed by atoms with Gasteiger partial charge >= 0.3 is 5.97 Å². The lowest BCUT2D eigenvalue weighted by Crippen LogP contribution is -2.15. The Labute approximate surface area is 151 Å². The van der Waals surface area contributed by atoms with E-state index >= 15 is 0 Å². The largest absolute Gasteiger partial charge is 0.496 e. The van der Waals surface area contributed by atoms with Gasteiger partial charge in [0.25, 0.3) is 0 Å². The lowest BCUT2D eigenvalue weighted by Gasteiger charge is -2.12. The van der Waals surface area contributed by atoms with Gasteiger partial charge in [0, 0.05) is 11.6 Å². The third kappa shape index (κ3) is 3.20. The third-order valence-electron chi connectivity index (χ3n) is 4.11. The molecule has 5 nitrogen and oxygen atoms in total. The highest BCUT2D eigenvalue weighted by Crippen LogP contribution is 2.32. The summed E-state index contributed by atoms with van der Waals surface area (Å²) >= 11 is 0. The van der Waals surface area contributed by atoms with Crippen LogP contribution in [0.15, 0.2) is 51.7 Å². The molecule has 0 aliphatic carbocycles. The van der Waals surface area contributed by atoms with Crippen LogP contribution in [0.25, 0.3) is 22.1 Å². The lowest BCUT2D eigenvalue weighted by atomic mass is 10.0. The molecule has 5 heteroatoms. The molecule has 1 heterocycles. The molecular weight excluding hydrogens is 332 g/mol. The molecule has 134 valence electrons. The van der Waals surface area contributed by atoms with Crippen molar-refractivity contribution < 1.29 is 18.7 Å². The number of rotatable bonds is 4. The number of carbonyl (C=O) groups is 1. The predicted molar refractivity (Wildman–Crippen MR) is 99.7 cm³/mol. The molecular formula is C21H20O5. The minimum Gasteiger partial charge on any atom is -0.496 e. The summed E-state index contributed by atoms with van der Waals surface area (Å²) in [6.45, 7) is 5.25. The lowest BCUT2D eigenvalue weighted by molar-refractivity contribution is -0.137. The number of ether oxygens (including phenoxy) is 2. The van der Waals surface area contributed by atoms with Crippen LogP contribution in [-0.4, -0.2) is 13.1 Å². The Morgan fingerprint density at radius 1 is 1.12 bits per heavy atom. The Balaban J connectivity index is 2.15. The van der Waals surface area contributed by atoms with Crippen LogP contribution in [0.1, 0.15) is 19.6 Å². The van der Waals surface area contributed by atoms with Crippen LogP contribution in [0.3, 0.4) is 0 Å². The molecule has 0 unspecified atom stereocenters. The van der Waals surface area contributed by atoms with Gasteiger partial charge < -0.3 is 13.9 Å². The summed E-state index contributed by atoms with van der Waals surface area (Å²) in [4.78, 5) is 24.8. The van der Waals surface area contributed by atoms with E-state index in [0.29, 0.717) is 39.4 Å². The van der Waals surface area contributed by atoms with Crippen LogP contribution >= 0.6 is 0 Å². The number of para-hydroxylation sites is 1. The fraction of sp³-hybridized carbons (Fsp3) is 0.238. The van der Waals surface area contributed by atoms with E-state index in [2.05, 4.69) is 0 Å². The van der Waals surface area contributed by atoms with Gasteiger partial charge in [-0.15, -0.1) is 0 Å². The zero-order valence-electron chi connectivity index (χ0n) is 15.2. The van der Waals surface area contributed by atoms with Crippen molar-refractivity contribution in [3.05, 3.63) is 58.4 Å². The average Bonchev–Trinajstić information content (AvgIpc) is 2.61. The minimum absolute atomic E-state index is 0.157. The number of methoxy groups -OCH3 is 1. The second-order valence-corrected chi connectivity index (χ2v) is 6.30. The van der Waals surface area contributed by atoms with Crippen LogP contribution in [-0.2, 0) is 4.79 Å². The first-order valence-electron chi connectivity index (χ1n) is 8.35. The van der Waals surface area contributed by atoms with Gasteiger partial charge in [-0.2, -0.15) is 0 Å². The number of benzene rings is 2. The van der Waals surface area contributed by atoms with Crippen LogP contribution in [0.5, 0.6) is 11.5 Å². The molecule has 0 atom stereocenters. The quantitative estimate of drug-likeness (QED) is 0.516. The zero-order valence-corrected chi connectivity index (χ0v) is 15.2. The summed E-state index contributed by atoms with van der Waals surface area (Å²) < 4.78 is 16.5. The summed E-state index contributed by atoms with van der Waals surface area (Å²) in [5.74, 6) is 0.842. The molecule has 0 bridgehead atoms. The molecule has 0 spiro atoms. The van der Waals surface area contributed by atoms with E-state index < -0.39 is 0 Å². The molecule has 26 heavy (non-hydrogen) atoms. The fourth-order valence-corrected chi connectivity index (χ4v) is 2.75. The summed E-state index contributed by atoms with van der Waals surface area (Å²) in [5.41, 5.74) is 1.36. The predicted octanol–water partition coefficient (Wildman–Crippen LogP) is 4.34. The molecule has 0 aliphatic rings. The normalized spacial score (nSPS) is 11.0. The Hall–Kier alpha value is -3.08. The summed E-state index contributed by atoms with van der Waals surface area (Å²) in [5, 5.41) is 0.417. The Bertz CT molecular complexity index is 1030. The number of aryl methyl sites for hydroxylation is 1. The Morgan fingerprint density at radius 2 is 1.85 bits per heavy atom. The maximum atomic E-state index is 13.0. The molecule has 0 amide bonds. The topological polar surface area (TPSA) is 65.7 Å². The number of carbonyl (C=O) groups excluding carboxylic acids is 1. The van der Waals surface area contributed by atoms with Crippen molar-refractivity contribution in [2.45, 2.75) is 20.8 Å². The van der Waals surface area contributed by atoms with Gasteiger partial charge in [-0.3, -0.25) is 9.59 Å². The number of hydrogen-bond donors (Lipinski definition) is 0. The molecule has 3 aromatic rings. The molecule has 0 N–H and O–H groups in total. The molecule has 0 saturated heterocycles. The van der Waals surface area contributed by atoms with E-state index in [1.807, 2.05) is 18.2 Å². The molecule has 1 aromatic heterocycles. The van der Waals surface area contributed by atoms with Gasteiger partial charge in [-0.1, -0.05) is 32.0 Å². The highest BCUT2D eigenvalue weighted by atomic mass is 16.5. The van der Waals surface area contributed by atoms with Crippen molar-refractivity contribution in [3.63, 3.8) is 0 Å². The van der Waals surface area contributed by atoms with E-state index in [-0.39, 0.29) is 17.3 Å². The zero-order chi connectivity index (χ0) is 18.8. The van der Waals surface area contributed by atoms with Crippen LogP contribution < -0.4 is 14.9 Å². The number of esters is 1.